The quantitative estimate of drug-likeness (QED) is 0.774. The fourth-order valence-corrected chi connectivity index (χ4v) is 3.58. The van der Waals surface area contributed by atoms with Gasteiger partial charge in [-0.2, -0.15) is 0 Å². The molecule has 0 saturated carbocycles. The van der Waals surface area contributed by atoms with E-state index in [0.717, 1.165) is 25.9 Å². The fraction of sp³-hybridized carbons (Fsp3) is 0.588. The zero-order chi connectivity index (χ0) is 16.4. The zero-order valence-corrected chi connectivity index (χ0v) is 13.8. The average molecular weight is 321 g/mol. The molecule has 2 heterocycles. The van der Waals surface area contributed by atoms with Crippen LogP contribution in [0.1, 0.15) is 29.6 Å². The average Bonchev–Trinajstić information content (AvgIpc) is 3.18. The number of ether oxygens (including phenoxy) is 4. The molecule has 23 heavy (non-hydrogen) atoms. The summed E-state index contributed by atoms with van der Waals surface area (Å²) in [5, 5.41) is 0. The van der Waals surface area contributed by atoms with Crippen molar-refractivity contribution in [2.24, 2.45) is 0 Å². The Morgan fingerprint density at radius 1 is 1.04 bits per heavy atom. The third kappa shape index (κ3) is 2.95. The summed E-state index contributed by atoms with van der Waals surface area (Å²) < 4.78 is 21.6. The summed E-state index contributed by atoms with van der Waals surface area (Å²) in [6.45, 7) is 2.13. The molecule has 0 radical (unpaired) electrons. The first-order valence-electron chi connectivity index (χ1n) is 7.93. The molecule has 1 aromatic carbocycles. The van der Waals surface area contributed by atoms with Gasteiger partial charge in [0.1, 0.15) is 6.10 Å². The minimum atomic E-state index is -0.344. The topological polar surface area (TPSA) is 57.2 Å². The first-order chi connectivity index (χ1) is 11.2. The fourth-order valence-electron chi connectivity index (χ4n) is 3.58. The van der Waals surface area contributed by atoms with Crippen molar-refractivity contribution in [3.05, 3.63) is 17.7 Å². The van der Waals surface area contributed by atoms with Gasteiger partial charge < -0.3 is 18.9 Å². The Bertz CT molecular complexity index is 563. The number of benzene rings is 1. The van der Waals surface area contributed by atoms with Crippen molar-refractivity contribution in [2.75, 3.05) is 34.4 Å². The van der Waals surface area contributed by atoms with Crippen LogP contribution in [0.15, 0.2) is 12.1 Å². The predicted octanol–water partition coefficient (Wildman–Crippen LogP) is 2.11. The maximum atomic E-state index is 12.5. The molecule has 2 aliphatic heterocycles. The van der Waals surface area contributed by atoms with Gasteiger partial charge in [0.05, 0.1) is 26.9 Å². The molecule has 2 atom stereocenters. The molecule has 0 unspecified atom stereocenters. The number of esters is 1. The summed E-state index contributed by atoms with van der Waals surface area (Å²) in [6, 6.07) is 3.64. The summed E-state index contributed by atoms with van der Waals surface area (Å²) >= 11 is 0. The molecule has 2 fully saturated rings. The van der Waals surface area contributed by atoms with Gasteiger partial charge in [0, 0.05) is 12.6 Å². The molecule has 2 saturated heterocycles. The second kappa shape index (κ2) is 6.66. The Hall–Kier alpha value is -1.95. The van der Waals surface area contributed by atoms with Gasteiger partial charge in [0.25, 0.3) is 0 Å². The first-order valence-corrected chi connectivity index (χ1v) is 7.93. The second-order valence-corrected chi connectivity index (χ2v) is 5.89. The van der Waals surface area contributed by atoms with Gasteiger partial charge in [-0.1, -0.05) is 0 Å². The van der Waals surface area contributed by atoms with Crippen LogP contribution in [-0.2, 0) is 4.74 Å². The Labute approximate surface area is 136 Å². The molecular formula is C17H23NO5. The molecule has 126 valence electrons. The maximum Gasteiger partial charge on any atom is 0.338 e. The number of rotatable bonds is 5. The van der Waals surface area contributed by atoms with Crippen LogP contribution in [0, 0.1) is 0 Å². The molecule has 0 aliphatic carbocycles. The van der Waals surface area contributed by atoms with Crippen LogP contribution >= 0.6 is 0 Å². The Morgan fingerprint density at radius 3 is 2.35 bits per heavy atom. The van der Waals surface area contributed by atoms with Crippen molar-refractivity contribution in [2.45, 2.75) is 31.4 Å². The van der Waals surface area contributed by atoms with Gasteiger partial charge in [-0.15, -0.1) is 0 Å². The van der Waals surface area contributed by atoms with Gasteiger partial charge in [0.15, 0.2) is 11.5 Å². The highest BCUT2D eigenvalue weighted by Gasteiger charge is 2.39. The monoisotopic (exact) mass is 321 g/mol. The number of methoxy groups -OCH3 is 3. The lowest BCUT2D eigenvalue weighted by Crippen LogP contribution is -2.32. The van der Waals surface area contributed by atoms with Gasteiger partial charge in [0.2, 0.25) is 5.75 Å². The van der Waals surface area contributed by atoms with Crippen molar-refractivity contribution < 1.29 is 23.7 Å². The summed E-state index contributed by atoms with van der Waals surface area (Å²) in [5.74, 6) is 1.03. The van der Waals surface area contributed by atoms with E-state index in [2.05, 4.69) is 4.90 Å². The van der Waals surface area contributed by atoms with Crippen LogP contribution in [-0.4, -0.2) is 57.4 Å². The molecule has 2 aliphatic rings. The number of nitrogens with zero attached hydrogens (tertiary/aromatic N) is 1. The van der Waals surface area contributed by atoms with E-state index in [1.54, 1.807) is 12.1 Å². The summed E-state index contributed by atoms with van der Waals surface area (Å²) in [4.78, 5) is 14.9. The molecule has 0 amide bonds. The van der Waals surface area contributed by atoms with E-state index < -0.39 is 0 Å². The van der Waals surface area contributed by atoms with Gasteiger partial charge >= 0.3 is 5.97 Å². The summed E-state index contributed by atoms with van der Waals surface area (Å²) in [7, 11) is 4.59. The van der Waals surface area contributed by atoms with Gasteiger partial charge in [-0.3, -0.25) is 4.90 Å². The number of hydrogen-bond donors (Lipinski definition) is 0. The van der Waals surface area contributed by atoms with E-state index in [9.17, 15) is 4.79 Å². The van der Waals surface area contributed by atoms with E-state index in [0.29, 0.717) is 28.9 Å². The number of hydrogen-bond acceptors (Lipinski definition) is 6. The molecule has 1 aromatic rings. The van der Waals surface area contributed by atoms with Crippen LogP contribution in [0.4, 0.5) is 0 Å². The van der Waals surface area contributed by atoms with Gasteiger partial charge in [-0.25, -0.2) is 4.79 Å². The normalized spacial score (nSPS) is 23.4. The highest BCUT2D eigenvalue weighted by molar-refractivity contribution is 5.91. The van der Waals surface area contributed by atoms with Crippen molar-refractivity contribution in [1.29, 1.82) is 0 Å². The molecule has 0 bridgehead atoms. The third-order valence-electron chi connectivity index (χ3n) is 4.70. The van der Waals surface area contributed by atoms with Crippen molar-refractivity contribution in [1.82, 2.24) is 4.90 Å². The molecule has 3 rings (SSSR count). The number of carbonyl (C=O) groups is 1. The van der Waals surface area contributed by atoms with Crippen molar-refractivity contribution in [3.8, 4) is 17.2 Å². The van der Waals surface area contributed by atoms with Crippen molar-refractivity contribution in [3.63, 3.8) is 0 Å². The van der Waals surface area contributed by atoms with E-state index in [4.69, 9.17) is 18.9 Å². The van der Waals surface area contributed by atoms with Gasteiger partial charge in [-0.05, 0) is 37.9 Å². The van der Waals surface area contributed by atoms with Crippen LogP contribution in [0.25, 0.3) is 0 Å². The second-order valence-electron chi connectivity index (χ2n) is 5.89. The van der Waals surface area contributed by atoms with Crippen LogP contribution in [0.2, 0.25) is 0 Å². The van der Waals surface area contributed by atoms with Crippen molar-refractivity contribution >= 4 is 5.97 Å². The molecular weight excluding hydrogens is 298 g/mol. The lowest BCUT2D eigenvalue weighted by atomic mass is 10.1. The predicted molar refractivity (Wildman–Crippen MR) is 84.5 cm³/mol. The van der Waals surface area contributed by atoms with E-state index in [1.807, 2.05) is 0 Å². The lowest BCUT2D eigenvalue weighted by Gasteiger charge is -2.21. The summed E-state index contributed by atoms with van der Waals surface area (Å²) in [6.07, 6.45) is 3.17. The Balaban J connectivity index is 1.79. The van der Waals surface area contributed by atoms with E-state index in [1.165, 1.54) is 27.8 Å². The largest absolute Gasteiger partial charge is 0.493 e. The molecule has 0 spiro atoms. The minimum Gasteiger partial charge on any atom is -0.493 e. The Kier molecular flexibility index (Phi) is 4.61. The number of carbonyl (C=O) groups excluding carboxylic acids is 1. The van der Waals surface area contributed by atoms with E-state index >= 15 is 0 Å². The highest BCUT2D eigenvalue weighted by Crippen LogP contribution is 2.39. The van der Waals surface area contributed by atoms with E-state index in [-0.39, 0.29) is 12.1 Å². The SMILES string of the molecule is COc1cc(C(=O)O[C@@H]2CCN3CCC[C@@H]23)cc(OC)c1OC. The standard InChI is InChI=1S/C17H23NO5/c1-20-14-9-11(10-15(21-2)16(14)22-3)17(19)23-13-6-8-18-7-4-5-12(13)18/h9-10,12-13H,4-8H2,1-3H3/t12-,13+/m0/s1. The molecule has 0 N–H and O–H groups in total. The molecule has 6 heteroatoms. The lowest BCUT2D eigenvalue weighted by molar-refractivity contribution is 0.0236. The third-order valence-corrected chi connectivity index (χ3v) is 4.70. The minimum absolute atomic E-state index is 0.0240. The first kappa shape index (κ1) is 15.9. The van der Waals surface area contributed by atoms with Crippen LogP contribution in [0.5, 0.6) is 17.2 Å². The van der Waals surface area contributed by atoms with Crippen LogP contribution < -0.4 is 14.2 Å². The smallest absolute Gasteiger partial charge is 0.338 e. The molecule has 0 aromatic heterocycles. The Morgan fingerprint density at radius 2 is 1.74 bits per heavy atom. The number of fused-ring (bicyclic) bond motifs is 1. The zero-order valence-electron chi connectivity index (χ0n) is 13.8. The maximum absolute atomic E-state index is 12.5. The summed E-state index contributed by atoms with van der Waals surface area (Å²) in [5.41, 5.74) is 0.413. The van der Waals surface area contributed by atoms with Crippen LogP contribution in [0.3, 0.4) is 0 Å². The highest BCUT2D eigenvalue weighted by atomic mass is 16.5. The molecule has 6 nitrogen and oxygen atoms in total.